The van der Waals surface area contributed by atoms with Crippen LogP contribution < -0.4 is 19.1 Å². The molecule has 0 aliphatic heterocycles. The Labute approximate surface area is 233 Å². The van der Waals surface area contributed by atoms with Crippen molar-refractivity contribution in [1.29, 1.82) is 0 Å². The van der Waals surface area contributed by atoms with Crippen molar-refractivity contribution in [3.05, 3.63) is 96.1 Å². The third-order valence-electron chi connectivity index (χ3n) is 5.66. The van der Waals surface area contributed by atoms with E-state index in [2.05, 4.69) is 11.6 Å². The molecule has 0 fully saturated rings. The maximum absolute atomic E-state index is 12.4. The summed E-state index contributed by atoms with van der Waals surface area (Å²) in [6, 6.07) is 17.5. The fourth-order valence-corrected chi connectivity index (χ4v) is 3.40. The molecule has 1 amide bonds. The van der Waals surface area contributed by atoms with Crippen molar-refractivity contribution in [3.8, 4) is 17.2 Å². The Hall–Kier alpha value is -5.18. The Morgan fingerprint density at radius 1 is 0.950 bits per heavy atom. The molecule has 206 valence electrons. The fraction of sp³-hybridized carbons (Fsp3) is 0.161. The van der Waals surface area contributed by atoms with E-state index in [4.69, 9.17) is 18.9 Å². The SMILES string of the molecule is C=CC(=O)OCOc1ccc(/C=N/c2ccc(OC(=O)/C=C/c3ccc(OC)c(N(C)C(C)=O)c3)cc2C)cc1. The maximum atomic E-state index is 12.4. The fourth-order valence-electron chi connectivity index (χ4n) is 3.40. The van der Waals surface area contributed by atoms with Crippen molar-refractivity contribution >= 4 is 41.5 Å². The zero-order valence-corrected chi connectivity index (χ0v) is 22.7. The van der Waals surface area contributed by atoms with Crippen LogP contribution in [-0.2, 0) is 19.1 Å². The van der Waals surface area contributed by atoms with E-state index in [1.165, 1.54) is 25.0 Å². The average Bonchev–Trinajstić information content (AvgIpc) is 2.95. The highest BCUT2D eigenvalue weighted by Gasteiger charge is 2.12. The lowest BCUT2D eigenvalue weighted by molar-refractivity contribution is -0.144. The van der Waals surface area contributed by atoms with E-state index >= 15 is 0 Å². The van der Waals surface area contributed by atoms with Gasteiger partial charge in [0.25, 0.3) is 0 Å². The summed E-state index contributed by atoms with van der Waals surface area (Å²) >= 11 is 0. The Kier molecular flexibility index (Phi) is 10.4. The molecule has 0 heterocycles. The largest absolute Gasteiger partial charge is 0.495 e. The smallest absolute Gasteiger partial charge is 0.336 e. The van der Waals surface area contributed by atoms with E-state index in [9.17, 15) is 14.4 Å². The van der Waals surface area contributed by atoms with Crippen LogP contribution >= 0.6 is 0 Å². The van der Waals surface area contributed by atoms with Crippen molar-refractivity contribution in [2.24, 2.45) is 4.99 Å². The molecule has 40 heavy (non-hydrogen) atoms. The third-order valence-corrected chi connectivity index (χ3v) is 5.66. The summed E-state index contributed by atoms with van der Waals surface area (Å²) in [6.45, 7) is 6.44. The number of benzene rings is 3. The second kappa shape index (κ2) is 14.1. The van der Waals surface area contributed by atoms with Crippen molar-refractivity contribution in [2.45, 2.75) is 13.8 Å². The zero-order valence-electron chi connectivity index (χ0n) is 22.7. The summed E-state index contributed by atoms with van der Waals surface area (Å²) in [7, 11) is 3.18. The van der Waals surface area contributed by atoms with Gasteiger partial charge in [-0.1, -0.05) is 12.6 Å². The van der Waals surface area contributed by atoms with Gasteiger partial charge in [0.2, 0.25) is 12.7 Å². The Morgan fingerprint density at radius 2 is 1.65 bits per heavy atom. The van der Waals surface area contributed by atoms with Crippen LogP contribution in [0.15, 0.2) is 84.4 Å². The van der Waals surface area contributed by atoms with Gasteiger partial charge >= 0.3 is 11.9 Å². The van der Waals surface area contributed by atoms with Gasteiger partial charge in [-0.3, -0.25) is 9.79 Å². The molecule has 0 aliphatic rings. The minimum absolute atomic E-state index is 0.143. The number of carbonyl (C=O) groups is 3. The second-order valence-electron chi connectivity index (χ2n) is 8.47. The number of aryl methyl sites for hydroxylation is 1. The highest BCUT2D eigenvalue weighted by molar-refractivity contribution is 5.94. The molecule has 0 radical (unpaired) electrons. The number of anilines is 1. The molecule has 9 nitrogen and oxygen atoms in total. The Bertz CT molecular complexity index is 1440. The molecule has 3 aromatic carbocycles. The molecule has 3 rings (SSSR count). The van der Waals surface area contributed by atoms with Crippen LogP contribution in [0.3, 0.4) is 0 Å². The van der Waals surface area contributed by atoms with Gasteiger partial charge in [-0.25, -0.2) is 9.59 Å². The predicted octanol–water partition coefficient (Wildman–Crippen LogP) is 5.42. The Balaban J connectivity index is 1.59. The molecule has 0 unspecified atom stereocenters. The van der Waals surface area contributed by atoms with Crippen molar-refractivity contribution in [1.82, 2.24) is 0 Å². The van der Waals surface area contributed by atoms with Crippen LogP contribution in [0.1, 0.15) is 23.6 Å². The lowest BCUT2D eigenvalue weighted by Gasteiger charge is -2.18. The first-order valence-corrected chi connectivity index (χ1v) is 12.2. The number of hydrogen-bond acceptors (Lipinski definition) is 8. The third kappa shape index (κ3) is 8.42. The van der Waals surface area contributed by atoms with Gasteiger partial charge in [0.05, 0.1) is 18.5 Å². The van der Waals surface area contributed by atoms with Crippen molar-refractivity contribution < 1.29 is 33.3 Å². The first kappa shape index (κ1) is 29.4. The lowest BCUT2D eigenvalue weighted by Crippen LogP contribution is -2.23. The number of carbonyl (C=O) groups excluding carboxylic acids is 3. The molecule has 0 saturated carbocycles. The first-order valence-electron chi connectivity index (χ1n) is 12.2. The summed E-state index contributed by atoms with van der Waals surface area (Å²) in [6.07, 6.45) is 5.69. The molecule has 0 aliphatic carbocycles. The molecular formula is C31H30N2O7. The maximum Gasteiger partial charge on any atom is 0.336 e. The van der Waals surface area contributed by atoms with Crippen LogP contribution in [0.25, 0.3) is 6.08 Å². The quantitative estimate of drug-likeness (QED) is 0.105. The number of nitrogens with zero attached hydrogens (tertiary/aromatic N) is 2. The minimum Gasteiger partial charge on any atom is -0.495 e. The van der Waals surface area contributed by atoms with Gasteiger partial charge in [-0.15, -0.1) is 0 Å². The number of rotatable bonds is 11. The minimum atomic E-state index is -0.557. The molecule has 0 saturated heterocycles. The van der Waals surface area contributed by atoms with Gasteiger partial charge < -0.3 is 23.8 Å². The monoisotopic (exact) mass is 542 g/mol. The summed E-state index contributed by atoms with van der Waals surface area (Å²) in [5.41, 5.74) is 3.67. The normalized spacial score (nSPS) is 10.8. The van der Waals surface area contributed by atoms with Crippen molar-refractivity contribution in [2.75, 3.05) is 25.9 Å². The van der Waals surface area contributed by atoms with Crippen LogP contribution in [-0.4, -0.2) is 45.0 Å². The Morgan fingerprint density at radius 3 is 2.30 bits per heavy atom. The average molecular weight is 543 g/mol. The number of aliphatic imine (C=N–C) groups is 1. The summed E-state index contributed by atoms with van der Waals surface area (Å²) < 4.78 is 20.9. The second-order valence-corrected chi connectivity index (χ2v) is 8.47. The number of amides is 1. The molecule has 0 bridgehead atoms. The number of hydrogen-bond donors (Lipinski definition) is 0. The van der Waals surface area contributed by atoms with Crippen LogP contribution in [0, 0.1) is 6.92 Å². The molecular weight excluding hydrogens is 512 g/mol. The molecule has 3 aromatic rings. The van der Waals surface area contributed by atoms with Crippen LogP contribution in [0.2, 0.25) is 0 Å². The van der Waals surface area contributed by atoms with E-state index in [-0.39, 0.29) is 12.7 Å². The van der Waals surface area contributed by atoms with Gasteiger partial charge in [-0.05, 0) is 84.3 Å². The summed E-state index contributed by atoms with van der Waals surface area (Å²) in [4.78, 5) is 41.2. The first-order chi connectivity index (χ1) is 19.2. The molecule has 0 aromatic heterocycles. The topological polar surface area (TPSA) is 104 Å². The highest BCUT2D eigenvalue weighted by Crippen LogP contribution is 2.29. The van der Waals surface area contributed by atoms with E-state index in [0.717, 1.165) is 17.2 Å². The summed E-state index contributed by atoms with van der Waals surface area (Å²) in [5, 5.41) is 0. The van der Waals surface area contributed by atoms with E-state index in [1.54, 1.807) is 67.9 Å². The zero-order chi connectivity index (χ0) is 29.1. The lowest BCUT2D eigenvalue weighted by atomic mass is 10.1. The number of methoxy groups -OCH3 is 1. The summed E-state index contributed by atoms with van der Waals surface area (Å²) in [5.74, 6) is 0.228. The highest BCUT2D eigenvalue weighted by atomic mass is 16.7. The number of ether oxygens (including phenoxy) is 4. The van der Waals surface area contributed by atoms with Crippen molar-refractivity contribution in [3.63, 3.8) is 0 Å². The van der Waals surface area contributed by atoms with Crippen LogP contribution in [0.5, 0.6) is 17.2 Å². The predicted molar refractivity (Wildman–Crippen MR) is 153 cm³/mol. The molecule has 0 N–H and O–H groups in total. The van der Waals surface area contributed by atoms with Gasteiger partial charge in [0.1, 0.15) is 17.2 Å². The van der Waals surface area contributed by atoms with E-state index in [0.29, 0.717) is 34.2 Å². The molecule has 9 heteroatoms. The van der Waals surface area contributed by atoms with Crippen LogP contribution in [0.4, 0.5) is 11.4 Å². The van der Waals surface area contributed by atoms with E-state index < -0.39 is 11.9 Å². The van der Waals surface area contributed by atoms with E-state index in [1.807, 2.05) is 19.1 Å². The number of esters is 2. The standard InChI is InChI=1S/C31H30N2O7/c1-6-30(35)39-20-38-25-11-7-24(8-12-25)19-32-27-14-13-26(17-21(27)2)40-31(36)16-10-23-9-15-29(37-5)28(18-23)33(4)22(3)34/h6-19H,1,20H2,2-5H3/b16-10+,32-19+. The van der Waals surface area contributed by atoms with Gasteiger partial charge in [-0.2, -0.15) is 0 Å². The van der Waals surface area contributed by atoms with Gasteiger partial charge in [0, 0.05) is 32.3 Å². The molecule has 0 spiro atoms. The molecule has 0 atom stereocenters. The van der Waals surface area contributed by atoms with Gasteiger partial charge in [0.15, 0.2) is 0 Å².